The number of likely N-dealkylation sites (N-methyl/N-ethyl adjacent to an activating group) is 1. The zero-order valence-electron chi connectivity index (χ0n) is 14.2. The fraction of sp³-hybridized carbons (Fsp3) is 0.588. The molecule has 23 heavy (non-hydrogen) atoms. The lowest BCUT2D eigenvalue weighted by Crippen LogP contribution is -2.50. The van der Waals surface area contributed by atoms with Crippen LogP contribution >= 0.6 is 24.8 Å². The Labute approximate surface area is 152 Å². The Morgan fingerprint density at radius 3 is 2.48 bits per heavy atom. The van der Waals surface area contributed by atoms with Gasteiger partial charge in [-0.1, -0.05) is 30.3 Å². The third-order valence-electron chi connectivity index (χ3n) is 4.41. The second-order valence-electron chi connectivity index (χ2n) is 6.44. The van der Waals surface area contributed by atoms with Gasteiger partial charge in [-0.15, -0.1) is 24.8 Å². The molecule has 0 radical (unpaired) electrons. The van der Waals surface area contributed by atoms with Crippen LogP contribution in [0.3, 0.4) is 0 Å². The first kappa shape index (κ1) is 22.2. The van der Waals surface area contributed by atoms with Gasteiger partial charge in [-0.25, -0.2) is 0 Å². The van der Waals surface area contributed by atoms with Gasteiger partial charge in [0.1, 0.15) is 0 Å². The molecule has 0 spiro atoms. The van der Waals surface area contributed by atoms with Crippen molar-refractivity contribution in [3.05, 3.63) is 35.9 Å². The minimum Gasteiger partial charge on any atom is -0.354 e. The second kappa shape index (κ2) is 10.1. The lowest BCUT2D eigenvalue weighted by Gasteiger charge is -2.34. The van der Waals surface area contributed by atoms with Gasteiger partial charge < -0.3 is 15.5 Å². The molecule has 2 atom stereocenters. The van der Waals surface area contributed by atoms with Gasteiger partial charge >= 0.3 is 0 Å². The summed E-state index contributed by atoms with van der Waals surface area (Å²) in [6.07, 6.45) is 2.03. The number of halogens is 2. The van der Waals surface area contributed by atoms with Crippen LogP contribution in [0.4, 0.5) is 0 Å². The maximum atomic E-state index is 12.5. The lowest BCUT2D eigenvalue weighted by molar-refractivity contribution is -0.131. The molecule has 1 amide bonds. The van der Waals surface area contributed by atoms with E-state index >= 15 is 0 Å². The van der Waals surface area contributed by atoms with E-state index in [9.17, 15) is 4.79 Å². The first-order valence-corrected chi connectivity index (χ1v) is 7.73. The summed E-state index contributed by atoms with van der Waals surface area (Å²) >= 11 is 0. The summed E-state index contributed by atoms with van der Waals surface area (Å²) in [6, 6.07) is 10.5. The Balaban J connectivity index is 0.00000242. The number of hydrogen-bond donors (Lipinski definition) is 2. The van der Waals surface area contributed by atoms with Gasteiger partial charge in [-0.05, 0) is 46.0 Å². The van der Waals surface area contributed by atoms with Gasteiger partial charge in [-0.3, -0.25) is 4.79 Å². The predicted octanol–water partition coefficient (Wildman–Crippen LogP) is 2.64. The molecule has 2 N–H and O–H groups in total. The fourth-order valence-electron chi connectivity index (χ4n) is 2.93. The van der Waals surface area contributed by atoms with E-state index in [0.29, 0.717) is 6.54 Å². The molecule has 2 rings (SSSR count). The molecule has 6 heteroatoms. The Morgan fingerprint density at radius 1 is 1.30 bits per heavy atom. The van der Waals surface area contributed by atoms with E-state index in [-0.39, 0.29) is 42.2 Å². The van der Waals surface area contributed by atoms with Crippen molar-refractivity contribution < 1.29 is 4.79 Å². The second-order valence-corrected chi connectivity index (χ2v) is 6.44. The van der Waals surface area contributed by atoms with Crippen molar-refractivity contribution in [1.29, 1.82) is 0 Å². The normalized spacial score (nSPS) is 21.7. The monoisotopic (exact) mass is 361 g/mol. The van der Waals surface area contributed by atoms with Crippen LogP contribution in [0.2, 0.25) is 0 Å². The van der Waals surface area contributed by atoms with Crippen LogP contribution < -0.4 is 10.6 Å². The topological polar surface area (TPSA) is 44.4 Å². The number of benzene rings is 1. The smallest absolute Gasteiger partial charge is 0.227 e. The van der Waals surface area contributed by atoms with Crippen LogP contribution in [0.25, 0.3) is 0 Å². The highest BCUT2D eigenvalue weighted by atomic mass is 35.5. The molecular formula is C17H29Cl2N3O. The van der Waals surface area contributed by atoms with E-state index in [4.69, 9.17) is 0 Å². The standard InChI is InChI=1S/C17H27N3O.2ClH/c1-17(10-7-11-18-13-17)16(21)19-12-15(20(2)3)14-8-5-4-6-9-14;;/h4-6,8-9,15,18H,7,10-13H2,1-3H3,(H,19,21);2*1H. The maximum absolute atomic E-state index is 12.5. The van der Waals surface area contributed by atoms with Crippen LogP contribution in [0, 0.1) is 5.41 Å². The Bertz CT molecular complexity index is 462. The van der Waals surface area contributed by atoms with Crippen molar-refractivity contribution in [2.45, 2.75) is 25.8 Å². The number of carbonyl (C=O) groups excluding carboxylic acids is 1. The van der Waals surface area contributed by atoms with Crippen molar-refractivity contribution in [2.24, 2.45) is 5.41 Å². The van der Waals surface area contributed by atoms with Crippen LogP contribution in [0.15, 0.2) is 30.3 Å². The van der Waals surface area contributed by atoms with E-state index in [1.807, 2.05) is 32.3 Å². The molecule has 1 aromatic carbocycles. The van der Waals surface area contributed by atoms with Gasteiger partial charge in [0.05, 0.1) is 11.5 Å². The molecule has 1 aliphatic heterocycles. The van der Waals surface area contributed by atoms with E-state index < -0.39 is 0 Å². The lowest BCUT2D eigenvalue weighted by atomic mass is 9.82. The van der Waals surface area contributed by atoms with Crippen molar-refractivity contribution >= 4 is 30.7 Å². The Hall–Kier alpha value is -0.810. The summed E-state index contributed by atoms with van der Waals surface area (Å²) in [5.74, 6) is 0.164. The number of nitrogens with zero attached hydrogens (tertiary/aromatic N) is 1. The summed E-state index contributed by atoms with van der Waals surface area (Å²) < 4.78 is 0. The van der Waals surface area contributed by atoms with E-state index in [2.05, 4.69) is 34.6 Å². The molecule has 1 aliphatic rings. The van der Waals surface area contributed by atoms with Gasteiger partial charge in [0.15, 0.2) is 0 Å². The number of amides is 1. The molecule has 0 aliphatic carbocycles. The summed E-state index contributed by atoms with van der Waals surface area (Å²) in [7, 11) is 4.10. The van der Waals surface area contributed by atoms with Crippen LogP contribution in [0.5, 0.6) is 0 Å². The predicted molar refractivity (Wildman–Crippen MR) is 101 cm³/mol. The minimum absolute atomic E-state index is 0. The highest BCUT2D eigenvalue weighted by molar-refractivity contribution is 5.85. The number of rotatable bonds is 5. The molecule has 1 aromatic rings. The highest BCUT2D eigenvalue weighted by Crippen LogP contribution is 2.26. The van der Waals surface area contributed by atoms with E-state index in [1.165, 1.54) is 5.56 Å². The van der Waals surface area contributed by atoms with Gasteiger partial charge in [0.2, 0.25) is 5.91 Å². The first-order chi connectivity index (χ1) is 10.0. The third kappa shape index (κ3) is 5.96. The van der Waals surface area contributed by atoms with Crippen LogP contribution in [-0.2, 0) is 4.79 Å². The molecule has 1 heterocycles. The maximum Gasteiger partial charge on any atom is 0.227 e. The molecule has 0 bridgehead atoms. The SMILES string of the molecule is CN(C)C(CNC(=O)C1(C)CCCNC1)c1ccccc1.Cl.Cl. The zero-order valence-corrected chi connectivity index (χ0v) is 15.8. The van der Waals surface area contributed by atoms with Gasteiger partial charge in [0, 0.05) is 13.1 Å². The Morgan fingerprint density at radius 2 is 1.96 bits per heavy atom. The molecular weight excluding hydrogens is 333 g/mol. The van der Waals surface area contributed by atoms with Gasteiger partial charge in [0.25, 0.3) is 0 Å². The third-order valence-corrected chi connectivity index (χ3v) is 4.41. The molecule has 4 nitrogen and oxygen atoms in total. The average Bonchev–Trinajstić information content (AvgIpc) is 2.48. The van der Waals surface area contributed by atoms with Gasteiger partial charge in [-0.2, -0.15) is 0 Å². The summed E-state index contributed by atoms with van der Waals surface area (Å²) in [4.78, 5) is 14.7. The molecule has 1 saturated heterocycles. The largest absolute Gasteiger partial charge is 0.354 e. The van der Waals surface area contributed by atoms with Crippen molar-refractivity contribution in [1.82, 2.24) is 15.5 Å². The van der Waals surface area contributed by atoms with E-state index in [0.717, 1.165) is 25.9 Å². The molecule has 2 unspecified atom stereocenters. The van der Waals surface area contributed by atoms with Crippen molar-refractivity contribution in [3.63, 3.8) is 0 Å². The molecule has 0 saturated carbocycles. The quantitative estimate of drug-likeness (QED) is 0.847. The Kier molecular flexibility index (Phi) is 9.78. The number of nitrogens with one attached hydrogen (secondary N) is 2. The van der Waals surface area contributed by atoms with Crippen molar-refractivity contribution in [3.8, 4) is 0 Å². The summed E-state index contributed by atoms with van der Waals surface area (Å²) in [5, 5.41) is 6.48. The molecule has 0 aromatic heterocycles. The molecule has 132 valence electrons. The highest BCUT2D eigenvalue weighted by Gasteiger charge is 2.34. The summed E-state index contributed by atoms with van der Waals surface area (Å²) in [6.45, 7) is 4.50. The zero-order chi connectivity index (χ0) is 15.3. The first-order valence-electron chi connectivity index (χ1n) is 7.73. The van der Waals surface area contributed by atoms with Crippen LogP contribution in [-0.4, -0.2) is 44.5 Å². The molecule has 1 fully saturated rings. The number of hydrogen-bond acceptors (Lipinski definition) is 3. The number of piperidine rings is 1. The van der Waals surface area contributed by atoms with E-state index in [1.54, 1.807) is 0 Å². The fourth-order valence-corrected chi connectivity index (χ4v) is 2.93. The summed E-state index contributed by atoms with van der Waals surface area (Å²) in [5.41, 5.74) is 0.959. The van der Waals surface area contributed by atoms with Crippen LogP contribution in [0.1, 0.15) is 31.4 Å². The van der Waals surface area contributed by atoms with Crippen molar-refractivity contribution in [2.75, 3.05) is 33.7 Å². The number of carbonyl (C=O) groups is 1. The minimum atomic E-state index is -0.272. The average molecular weight is 362 g/mol.